The van der Waals surface area contributed by atoms with E-state index in [9.17, 15) is 9.90 Å². The van der Waals surface area contributed by atoms with Gasteiger partial charge in [0, 0.05) is 24.7 Å². The smallest absolute Gasteiger partial charge is 0.410 e. The third-order valence-electron chi connectivity index (χ3n) is 5.74. The maximum absolute atomic E-state index is 12.5. The number of ether oxygens (including phenoxy) is 1. The number of aliphatic hydroxyl groups is 1. The van der Waals surface area contributed by atoms with E-state index in [1.807, 2.05) is 52.0 Å². The number of amides is 1. The van der Waals surface area contributed by atoms with Gasteiger partial charge in [-0.2, -0.15) is 0 Å². The third-order valence-corrected chi connectivity index (χ3v) is 5.95. The predicted molar refractivity (Wildman–Crippen MR) is 119 cm³/mol. The average Bonchev–Trinajstić information content (AvgIpc) is 2.63. The molecule has 2 heterocycles. The fourth-order valence-electron chi connectivity index (χ4n) is 4.08. The number of benzene rings is 1. The molecule has 6 heteroatoms. The summed E-state index contributed by atoms with van der Waals surface area (Å²) in [7, 11) is 0. The van der Waals surface area contributed by atoms with Crippen LogP contribution in [0, 0.1) is 5.41 Å². The van der Waals surface area contributed by atoms with Crippen LogP contribution in [0.3, 0.4) is 0 Å². The molecule has 1 N–H and O–H groups in total. The topological polar surface area (TPSA) is 62.7 Å². The summed E-state index contributed by atoms with van der Waals surface area (Å²) in [6.07, 6.45) is 1.23. The molecule has 0 radical (unpaired) electrons. The Morgan fingerprint density at radius 3 is 2.27 bits per heavy atom. The van der Waals surface area contributed by atoms with Crippen molar-refractivity contribution in [2.75, 3.05) is 13.1 Å². The zero-order valence-electron chi connectivity index (χ0n) is 18.6. The molecule has 2 aromatic rings. The van der Waals surface area contributed by atoms with Crippen LogP contribution < -0.4 is 0 Å². The van der Waals surface area contributed by atoms with Gasteiger partial charge >= 0.3 is 6.09 Å². The molecule has 1 aromatic carbocycles. The lowest BCUT2D eigenvalue weighted by molar-refractivity contribution is -0.131. The Kier molecular flexibility index (Phi) is 5.91. The van der Waals surface area contributed by atoms with E-state index in [1.54, 1.807) is 23.2 Å². The molecule has 162 valence electrons. The molecule has 0 saturated carbocycles. The van der Waals surface area contributed by atoms with Crippen LogP contribution in [0.15, 0.2) is 42.6 Å². The Morgan fingerprint density at radius 1 is 1.17 bits per heavy atom. The SMILES string of the molecule is CC(C)c1ccc(C(O)(c2ccnc(Cl)c2)C2(C)CN(C(=O)OC(C)(C)C)C2)cc1. The van der Waals surface area contributed by atoms with Crippen molar-refractivity contribution in [2.24, 2.45) is 5.41 Å². The second-order valence-corrected chi connectivity index (χ2v) is 10.1. The minimum Gasteiger partial charge on any atom is -0.444 e. The zero-order chi connectivity index (χ0) is 22.3. The van der Waals surface area contributed by atoms with Gasteiger partial charge < -0.3 is 14.7 Å². The average molecular weight is 431 g/mol. The Bertz CT molecular complexity index is 915. The number of rotatable bonds is 4. The molecule has 3 rings (SSSR count). The highest BCUT2D eigenvalue weighted by atomic mass is 35.5. The first-order valence-corrected chi connectivity index (χ1v) is 10.7. The molecule has 1 atom stereocenters. The van der Waals surface area contributed by atoms with Crippen molar-refractivity contribution in [1.29, 1.82) is 0 Å². The van der Waals surface area contributed by atoms with Crippen LogP contribution in [0.1, 0.15) is 64.2 Å². The molecule has 0 aliphatic carbocycles. The zero-order valence-corrected chi connectivity index (χ0v) is 19.3. The first-order valence-electron chi connectivity index (χ1n) is 10.3. The molecule has 5 nitrogen and oxygen atoms in total. The summed E-state index contributed by atoms with van der Waals surface area (Å²) in [5, 5.41) is 12.5. The highest BCUT2D eigenvalue weighted by Gasteiger charge is 2.58. The molecule has 0 spiro atoms. The van der Waals surface area contributed by atoms with Gasteiger partial charge in [0.2, 0.25) is 0 Å². The summed E-state index contributed by atoms with van der Waals surface area (Å²) in [6, 6.07) is 11.5. The lowest BCUT2D eigenvalue weighted by atomic mass is 9.62. The number of aromatic nitrogens is 1. The van der Waals surface area contributed by atoms with Crippen molar-refractivity contribution in [3.8, 4) is 0 Å². The van der Waals surface area contributed by atoms with Crippen molar-refractivity contribution in [3.05, 3.63) is 64.4 Å². The maximum atomic E-state index is 12.5. The van der Waals surface area contributed by atoms with E-state index in [0.29, 0.717) is 29.7 Å². The highest BCUT2D eigenvalue weighted by Crippen LogP contribution is 2.51. The molecule has 0 bridgehead atoms. The Morgan fingerprint density at radius 2 is 1.77 bits per heavy atom. The van der Waals surface area contributed by atoms with Crippen molar-refractivity contribution < 1.29 is 14.6 Å². The van der Waals surface area contributed by atoms with Crippen LogP contribution in [0.5, 0.6) is 0 Å². The monoisotopic (exact) mass is 430 g/mol. The van der Waals surface area contributed by atoms with Crippen LogP contribution in [-0.2, 0) is 10.3 Å². The summed E-state index contributed by atoms with van der Waals surface area (Å²) in [5.74, 6) is 0.393. The maximum Gasteiger partial charge on any atom is 0.410 e. The van der Waals surface area contributed by atoms with Crippen LogP contribution in [0.25, 0.3) is 0 Å². The van der Waals surface area contributed by atoms with Crippen LogP contribution in [0.4, 0.5) is 4.79 Å². The summed E-state index contributed by atoms with van der Waals surface area (Å²) < 4.78 is 5.49. The second-order valence-electron chi connectivity index (χ2n) is 9.75. The van der Waals surface area contributed by atoms with Crippen LogP contribution in [-0.4, -0.2) is 39.8 Å². The van der Waals surface area contributed by atoms with Gasteiger partial charge in [0.05, 0.1) is 0 Å². The second kappa shape index (κ2) is 7.86. The van der Waals surface area contributed by atoms with E-state index in [-0.39, 0.29) is 6.09 Å². The van der Waals surface area contributed by atoms with Crippen LogP contribution in [0.2, 0.25) is 5.15 Å². The van der Waals surface area contributed by atoms with E-state index in [1.165, 1.54) is 5.56 Å². The van der Waals surface area contributed by atoms with Gasteiger partial charge in [-0.05, 0) is 55.5 Å². The number of hydrogen-bond acceptors (Lipinski definition) is 4. The van der Waals surface area contributed by atoms with Gasteiger partial charge in [0.1, 0.15) is 16.4 Å². The van der Waals surface area contributed by atoms with E-state index in [2.05, 4.69) is 18.8 Å². The molecule has 1 aliphatic heterocycles. The van der Waals surface area contributed by atoms with E-state index in [4.69, 9.17) is 16.3 Å². The number of carbonyl (C=O) groups excluding carboxylic acids is 1. The molecular weight excluding hydrogens is 400 g/mol. The Hall–Kier alpha value is -2.11. The van der Waals surface area contributed by atoms with Gasteiger partial charge in [-0.25, -0.2) is 9.78 Å². The quantitative estimate of drug-likeness (QED) is 0.664. The largest absolute Gasteiger partial charge is 0.444 e. The highest BCUT2D eigenvalue weighted by molar-refractivity contribution is 6.29. The lowest BCUT2D eigenvalue weighted by Gasteiger charge is -2.56. The number of pyridine rings is 1. The molecule has 1 fully saturated rings. The number of hydrogen-bond donors (Lipinski definition) is 1. The summed E-state index contributed by atoms with van der Waals surface area (Å²) >= 11 is 6.16. The van der Waals surface area contributed by atoms with Crippen molar-refractivity contribution in [3.63, 3.8) is 0 Å². The molecule has 1 aliphatic rings. The number of halogens is 1. The summed E-state index contributed by atoms with van der Waals surface area (Å²) in [6.45, 7) is 12.5. The minimum absolute atomic E-state index is 0.316. The standard InChI is InChI=1S/C24H31ClN2O3/c1-16(2)17-7-9-18(10-8-17)24(29,19-11-12-26-20(25)13-19)23(6)14-27(15-23)21(28)30-22(3,4)5/h7-13,16,29H,14-15H2,1-6H3. The Balaban J connectivity index is 1.98. The predicted octanol–water partition coefficient (Wildman–Crippen LogP) is 5.35. The summed E-state index contributed by atoms with van der Waals surface area (Å²) in [4.78, 5) is 18.2. The molecule has 1 saturated heterocycles. The van der Waals surface area contributed by atoms with Crippen molar-refractivity contribution in [1.82, 2.24) is 9.88 Å². The summed E-state index contributed by atoms with van der Waals surface area (Å²) in [5.41, 5.74) is 0.0984. The van der Waals surface area contributed by atoms with Gasteiger partial charge in [0.25, 0.3) is 0 Å². The van der Waals surface area contributed by atoms with E-state index >= 15 is 0 Å². The fraction of sp³-hybridized carbons (Fsp3) is 0.500. The van der Waals surface area contributed by atoms with E-state index < -0.39 is 16.6 Å². The first kappa shape index (κ1) is 22.6. The number of carbonyl (C=O) groups is 1. The van der Waals surface area contributed by atoms with Gasteiger partial charge in [-0.15, -0.1) is 0 Å². The van der Waals surface area contributed by atoms with Crippen molar-refractivity contribution in [2.45, 2.75) is 58.7 Å². The van der Waals surface area contributed by atoms with Gasteiger partial charge in [0.15, 0.2) is 0 Å². The number of likely N-dealkylation sites (tertiary alicyclic amines) is 1. The molecule has 1 amide bonds. The normalized spacial score (nSPS) is 18.0. The molecular formula is C24H31ClN2O3. The van der Waals surface area contributed by atoms with E-state index in [0.717, 1.165) is 5.56 Å². The molecule has 1 unspecified atom stereocenters. The third kappa shape index (κ3) is 4.19. The van der Waals surface area contributed by atoms with Crippen LogP contribution >= 0.6 is 11.6 Å². The van der Waals surface area contributed by atoms with Gasteiger partial charge in [-0.3, -0.25) is 0 Å². The number of nitrogens with zero attached hydrogens (tertiary/aromatic N) is 2. The van der Waals surface area contributed by atoms with Gasteiger partial charge in [-0.1, -0.05) is 56.6 Å². The van der Waals surface area contributed by atoms with Crippen molar-refractivity contribution >= 4 is 17.7 Å². The lowest BCUT2D eigenvalue weighted by Crippen LogP contribution is -2.66. The molecule has 30 heavy (non-hydrogen) atoms. The fourth-order valence-corrected chi connectivity index (χ4v) is 4.25. The minimum atomic E-state index is -1.34. The Labute approximate surface area is 184 Å². The first-order chi connectivity index (χ1) is 13.9. The molecule has 1 aromatic heterocycles.